The Morgan fingerprint density at radius 2 is 1.80 bits per heavy atom. The van der Waals surface area contributed by atoms with Gasteiger partial charge in [0, 0.05) is 30.1 Å². The number of piperazine rings is 1. The minimum atomic E-state index is -2.19. The van der Waals surface area contributed by atoms with Gasteiger partial charge in [-0.2, -0.15) is 0 Å². The Morgan fingerprint density at radius 3 is 2.45 bits per heavy atom. The molecule has 1 aromatic carbocycles. The van der Waals surface area contributed by atoms with Gasteiger partial charge in [-0.25, -0.2) is 0 Å². The second-order valence-corrected chi connectivity index (χ2v) is 11.8. The molecule has 214 valence electrons. The SMILES string of the molecule is COc1ccc2c3c(n(CC=C(C)C)c2c1)[C@H](C=C(C)C)N1C(=O)[C@@H]2CCCN2C(=O)[C@]1(O)[C@H]3OCC=C(C)C. The summed E-state index contributed by atoms with van der Waals surface area (Å²) in [6.07, 6.45) is 6.29. The Labute approximate surface area is 236 Å². The predicted octanol–water partition coefficient (Wildman–Crippen LogP) is 5.18. The maximum Gasteiger partial charge on any atom is 0.279 e. The molecule has 4 heterocycles. The topological polar surface area (TPSA) is 84.2 Å². The number of ether oxygens (including phenoxy) is 2. The molecule has 5 rings (SSSR count). The van der Waals surface area contributed by atoms with Crippen LogP contribution in [0.15, 0.2) is 53.1 Å². The average Bonchev–Trinajstić information content (AvgIpc) is 3.50. The Hall–Kier alpha value is -3.36. The highest BCUT2D eigenvalue weighted by molar-refractivity contribution is 6.02. The first kappa shape index (κ1) is 28.2. The average molecular weight is 548 g/mol. The quantitative estimate of drug-likeness (QED) is 0.483. The molecule has 8 heteroatoms. The van der Waals surface area contributed by atoms with Gasteiger partial charge in [0.05, 0.1) is 31.0 Å². The number of methoxy groups -OCH3 is 1. The van der Waals surface area contributed by atoms with Crippen LogP contribution in [-0.4, -0.2) is 63.3 Å². The van der Waals surface area contributed by atoms with Crippen molar-refractivity contribution in [1.82, 2.24) is 14.4 Å². The van der Waals surface area contributed by atoms with Crippen LogP contribution in [0.1, 0.15) is 77.8 Å². The van der Waals surface area contributed by atoms with E-state index in [0.717, 1.165) is 45.3 Å². The third-order valence-electron chi connectivity index (χ3n) is 8.18. The molecule has 3 aliphatic rings. The van der Waals surface area contributed by atoms with Crippen LogP contribution >= 0.6 is 0 Å². The Kier molecular flexibility index (Phi) is 7.44. The standard InChI is InChI=1S/C32H41N3O5/c1-19(2)12-15-33-25-18-22(39-7)10-11-23(25)27-28(33)26(17-21(5)6)35-30(36)24-9-8-14-34(24)31(37)32(35,38)29(27)40-16-13-20(3)4/h10-13,17-18,24,26,29,38H,8-9,14-16H2,1-7H3/t24-,26-,29-,32+/m0/s1. The number of carbonyl (C=O) groups excluding carboxylic acids is 2. The summed E-state index contributed by atoms with van der Waals surface area (Å²) in [5.41, 5.74) is 3.49. The maximum absolute atomic E-state index is 14.2. The molecule has 40 heavy (non-hydrogen) atoms. The van der Waals surface area contributed by atoms with E-state index in [1.807, 2.05) is 58.0 Å². The number of benzene rings is 1. The van der Waals surface area contributed by atoms with Crippen LogP contribution in [0.2, 0.25) is 0 Å². The first-order chi connectivity index (χ1) is 19.0. The summed E-state index contributed by atoms with van der Waals surface area (Å²) in [4.78, 5) is 31.5. The first-order valence-corrected chi connectivity index (χ1v) is 14.1. The highest BCUT2D eigenvalue weighted by Crippen LogP contribution is 2.54. The number of hydrogen-bond acceptors (Lipinski definition) is 5. The van der Waals surface area contributed by atoms with Crippen LogP contribution in [0.4, 0.5) is 0 Å². The van der Waals surface area contributed by atoms with Crippen LogP contribution in [0, 0.1) is 0 Å². The summed E-state index contributed by atoms with van der Waals surface area (Å²) < 4.78 is 14.2. The van der Waals surface area contributed by atoms with Gasteiger partial charge < -0.3 is 24.0 Å². The number of aromatic nitrogens is 1. The van der Waals surface area contributed by atoms with Crippen LogP contribution in [0.3, 0.4) is 0 Å². The van der Waals surface area contributed by atoms with Gasteiger partial charge in [0.2, 0.25) is 5.91 Å². The summed E-state index contributed by atoms with van der Waals surface area (Å²) in [6.45, 7) is 13.2. The fraction of sp³-hybridized carbons (Fsp3) is 0.500. The van der Waals surface area contributed by atoms with E-state index in [-0.39, 0.29) is 12.5 Å². The molecule has 0 spiro atoms. The van der Waals surface area contributed by atoms with E-state index in [9.17, 15) is 14.7 Å². The van der Waals surface area contributed by atoms with Crippen molar-refractivity contribution in [2.45, 2.75) is 84.8 Å². The molecule has 0 aliphatic carbocycles. The van der Waals surface area contributed by atoms with Crippen LogP contribution in [-0.2, 0) is 20.9 Å². The highest BCUT2D eigenvalue weighted by atomic mass is 16.5. The number of aliphatic hydroxyl groups is 1. The lowest BCUT2D eigenvalue weighted by molar-refractivity contribution is -0.235. The van der Waals surface area contributed by atoms with Gasteiger partial charge in [-0.3, -0.25) is 14.5 Å². The van der Waals surface area contributed by atoms with Crippen molar-refractivity contribution in [2.24, 2.45) is 0 Å². The molecule has 3 aliphatic heterocycles. The molecule has 0 unspecified atom stereocenters. The number of rotatable bonds is 7. The zero-order chi connectivity index (χ0) is 28.9. The Bertz CT molecular complexity index is 1440. The van der Waals surface area contributed by atoms with Crippen molar-refractivity contribution in [3.63, 3.8) is 0 Å². The van der Waals surface area contributed by atoms with Crippen molar-refractivity contribution >= 4 is 22.7 Å². The number of carbonyl (C=O) groups is 2. The largest absolute Gasteiger partial charge is 0.497 e. The molecule has 2 amide bonds. The summed E-state index contributed by atoms with van der Waals surface area (Å²) in [6, 6.07) is 4.60. The van der Waals surface area contributed by atoms with Crippen LogP contribution < -0.4 is 4.74 Å². The molecule has 0 radical (unpaired) electrons. The normalized spacial score (nSPS) is 25.4. The fourth-order valence-electron chi connectivity index (χ4n) is 6.37. The van der Waals surface area contributed by atoms with Crippen molar-refractivity contribution in [1.29, 1.82) is 0 Å². The molecule has 2 fully saturated rings. The van der Waals surface area contributed by atoms with Gasteiger partial charge in [0.25, 0.3) is 11.6 Å². The van der Waals surface area contributed by atoms with Gasteiger partial charge in [-0.1, -0.05) is 34.9 Å². The molecule has 0 saturated carbocycles. The summed E-state index contributed by atoms with van der Waals surface area (Å²) >= 11 is 0. The zero-order valence-corrected chi connectivity index (χ0v) is 24.7. The van der Waals surface area contributed by atoms with E-state index < -0.39 is 29.8 Å². The maximum atomic E-state index is 14.2. The molecule has 2 aromatic rings. The third-order valence-corrected chi connectivity index (χ3v) is 8.18. The molecule has 0 bridgehead atoms. The van der Waals surface area contributed by atoms with Gasteiger partial charge in [0.1, 0.15) is 17.9 Å². The molecule has 1 aromatic heterocycles. The molecule has 2 saturated heterocycles. The van der Waals surface area contributed by atoms with Crippen molar-refractivity contribution in [2.75, 3.05) is 20.3 Å². The number of allylic oxidation sites excluding steroid dienone is 4. The monoisotopic (exact) mass is 547 g/mol. The number of amides is 2. The smallest absolute Gasteiger partial charge is 0.279 e. The highest BCUT2D eigenvalue weighted by Gasteiger charge is 2.66. The van der Waals surface area contributed by atoms with E-state index in [2.05, 4.69) is 24.5 Å². The van der Waals surface area contributed by atoms with E-state index in [0.29, 0.717) is 25.3 Å². The number of nitrogens with zero attached hydrogens (tertiary/aromatic N) is 3. The molecular formula is C32H41N3O5. The van der Waals surface area contributed by atoms with E-state index in [1.54, 1.807) is 12.0 Å². The van der Waals surface area contributed by atoms with E-state index in [4.69, 9.17) is 9.47 Å². The van der Waals surface area contributed by atoms with Gasteiger partial charge in [-0.05, 0) is 66.5 Å². The summed E-state index contributed by atoms with van der Waals surface area (Å²) in [7, 11) is 1.63. The molecule has 1 N–H and O–H groups in total. The van der Waals surface area contributed by atoms with E-state index >= 15 is 0 Å². The molecule has 8 nitrogen and oxygen atoms in total. The predicted molar refractivity (Wildman–Crippen MR) is 155 cm³/mol. The van der Waals surface area contributed by atoms with Crippen molar-refractivity contribution in [3.8, 4) is 5.75 Å². The Morgan fingerprint density at radius 1 is 1.07 bits per heavy atom. The lowest BCUT2D eigenvalue weighted by Gasteiger charge is -2.55. The van der Waals surface area contributed by atoms with Crippen LogP contribution in [0.25, 0.3) is 10.9 Å². The number of hydrogen-bond donors (Lipinski definition) is 1. The second kappa shape index (κ2) is 10.6. The Balaban J connectivity index is 1.87. The van der Waals surface area contributed by atoms with Gasteiger partial charge in [0.15, 0.2) is 0 Å². The van der Waals surface area contributed by atoms with Crippen LogP contribution in [0.5, 0.6) is 5.75 Å². The molecular weight excluding hydrogens is 506 g/mol. The van der Waals surface area contributed by atoms with Crippen molar-refractivity contribution < 1.29 is 24.2 Å². The van der Waals surface area contributed by atoms with E-state index in [1.165, 1.54) is 4.90 Å². The van der Waals surface area contributed by atoms with Gasteiger partial charge in [-0.15, -0.1) is 0 Å². The zero-order valence-electron chi connectivity index (χ0n) is 24.7. The molecule has 4 atom stereocenters. The second-order valence-electron chi connectivity index (χ2n) is 11.8. The fourth-order valence-corrected chi connectivity index (χ4v) is 6.37. The van der Waals surface area contributed by atoms with Crippen molar-refractivity contribution in [3.05, 3.63) is 64.4 Å². The lowest BCUT2D eigenvalue weighted by atomic mass is 9.82. The third kappa shape index (κ3) is 4.38. The minimum Gasteiger partial charge on any atom is -0.497 e. The lowest BCUT2D eigenvalue weighted by Crippen LogP contribution is -2.74. The van der Waals surface area contributed by atoms with Gasteiger partial charge >= 0.3 is 0 Å². The summed E-state index contributed by atoms with van der Waals surface area (Å²) in [5.74, 6) is -0.000665. The minimum absolute atomic E-state index is 0.192. The first-order valence-electron chi connectivity index (χ1n) is 14.1. The number of fused-ring (bicyclic) bond motifs is 5. The summed E-state index contributed by atoms with van der Waals surface area (Å²) in [5, 5.41) is 13.5.